The number of hydrogen-bond donors (Lipinski definition) is 0. The third-order valence-corrected chi connectivity index (χ3v) is 3.36. The van der Waals surface area contributed by atoms with E-state index in [-0.39, 0.29) is 0 Å². The third-order valence-electron chi connectivity index (χ3n) is 3.16. The fraction of sp³-hybridized carbons (Fsp3) is 0.188. The average Bonchev–Trinajstić information content (AvgIpc) is 2.46. The Morgan fingerprint density at radius 2 is 1.95 bits per heavy atom. The van der Waals surface area contributed by atoms with Gasteiger partial charge in [-0.3, -0.25) is 4.98 Å². The van der Waals surface area contributed by atoms with Crippen molar-refractivity contribution < 1.29 is 0 Å². The van der Waals surface area contributed by atoms with Gasteiger partial charge in [0.05, 0.1) is 0 Å². The first-order valence-corrected chi connectivity index (χ1v) is 7.02. The Morgan fingerprint density at radius 1 is 1.10 bits per heavy atom. The van der Waals surface area contributed by atoms with Crippen LogP contribution in [0.25, 0.3) is 22.2 Å². The van der Waals surface area contributed by atoms with E-state index in [2.05, 4.69) is 27.9 Å². The zero-order valence-electron chi connectivity index (χ0n) is 11.2. The standard InChI is InChI=1S/C16H14ClN3/c1-2-5-12-8-15(17)20-16(19-12)14-10-18-9-11-6-3-4-7-13(11)14/h3-4,6-10H,2,5H2,1H3. The van der Waals surface area contributed by atoms with E-state index in [0.29, 0.717) is 11.0 Å². The number of fused-ring (bicyclic) bond motifs is 1. The Kier molecular flexibility index (Phi) is 3.61. The van der Waals surface area contributed by atoms with Gasteiger partial charge in [-0.15, -0.1) is 0 Å². The van der Waals surface area contributed by atoms with E-state index in [0.717, 1.165) is 34.9 Å². The molecular formula is C16H14ClN3. The summed E-state index contributed by atoms with van der Waals surface area (Å²) < 4.78 is 0. The Labute approximate surface area is 122 Å². The number of pyridine rings is 1. The minimum atomic E-state index is 0.478. The number of benzene rings is 1. The molecule has 0 N–H and O–H groups in total. The van der Waals surface area contributed by atoms with E-state index in [9.17, 15) is 0 Å². The van der Waals surface area contributed by atoms with Gasteiger partial charge in [-0.05, 0) is 17.9 Å². The van der Waals surface area contributed by atoms with E-state index in [1.807, 2.05) is 30.5 Å². The fourth-order valence-electron chi connectivity index (χ4n) is 2.26. The number of nitrogens with zero attached hydrogens (tertiary/aromatic N) is 3. The Morgan fingerprint density at radius 3 is 2.80 bits per heavy atom. The summed E-state index contributed by atoms with van der Waals surface area (Å²) in [5.74, 6) is 0.644. The Bertz CT molecular complexity index is 750. The number of hydrogen-bond acceptors (Lipinski definition) is 3. The lowest BCUT2D eigenvalue weighted by molar-refractivity contribution is 0.875. The molecule has 0 saturated carbocycles. The van der Waals surface area contributed by atoms with Gasteiger partial charge in [0.1, 0.15) is 5.15 Å². The van der Waals surface area contributed by atoms with Gasteiger partial charge in [-0.25, -0.2) is 9.97 Å². The molecule has 0 amide bonds. The van der Waals surface area contributed by atoms with Crippen molar-refractivity contribution >= 4 is 22.4 Å². The molecule has 0 unspecified atom stereocenters. The van der Waals surface area contributed by atoms with E-state index in [1.165, 1.54) is 0 Å². The highest BCUT2D eigenvalue weighted by molar-refractivity contribution is 6.29. The molecule has 2 heterocycles. The van der Waals surface area contributed by atoms with Crippen LogP contribution in [0, 0.1) is 0 Å². The molecule has 0 radical (unpaired) electrons. The first kappa shape index (κ1) is 13.0. The molecule has 3 rings (SSSR count). The van der Waals surface area contributed by atoms with E-state index < -0.39 is 0 Å². The SMILES string of the molecule is CCCc1cc(Cl)nc(-c2cncc3ccccc23)n1. The van der Waals surface area contributed by atoms with Gasteiger partial charge in [-0.1, -0.05) is 49.2 Å². The predicted octanol–water partition coefficient (Wildman–Crippen LogP) is 4.30. The maximum atomic E-state index is 6.12. The molecule has 0 spiro atoms. The highest BCUT2D eigenvalue weighted by Crippen LogP contribution is 2.26. The summed E-state index contributed by atoms with van der Waals surface area (Å²) in [6.45, 7) is 2.12. The molecule has 3 nitrogen and oxygen atoms in total. The largest absolute Gasteiger partial charge is 0.263 e. The first-order chi connectivity index (χ1) is 9.78. The molecule has 2 aromatic heterocycles. The van der Waals surface area contributed by atoms with Crippen molar-refractivity contribution in [2.75, 3.05) is 0 Å². The van der Waals surface area contributed by atoms with Crippen molar-refractivity contribution in [3.63, 3.8) is 0 Å². The van der Waals surface area contributed by atoms with Crippen molar-refractivity contribution in [2.24, 2.45) is 0 Å². The number of rotatable bonds is 3. The second-order valence-electron chi connectivity index (χ2n) is 4.66. The molecule has 0 saturated heterocycles. The van der Waals surface area contributed by atoms with Crippen LogP contribution in [0.1, 0.15) is 19.0 Å². The van der Waals surface area contributed by atoms with Crippen molar-refractivity contribution in [1.82, 2.24) is 15.0 Å². The summed E-state index contributed by atoms with van der Waals surface area (Å²) in [5.41, 5.74) is 1.89. The van der Waals surface area contributed by atoms with Crippen LogP contribution in [0.2, 0.25) is 5.15 Å². The van der Waals surface area contributed by atoms with Crippen LogP contribution in [0.5, 0.6) is 0 Å². The number of aromatic nitrogens is 3. The summed E-state index contributed by atoms with van der Waals surface area (Å²) in [4.78, 5) is 13.2. The smallest absolute Gasteiger partial charge is 0.163 e. The first-order valence-electron chi connectivity index (χ1n) is 6.64. The normalized spacial score (nSPS) is 10.9. The van der Waals surface area contributed by atoms with Gasteiger partial charge in [0.2, 0.25) is 0 Å². The van der Waals surface area contributed by atoms with Gasteiger partial charge < -0.3 is 0 Å². The summed E-state index contributed by atoms with van der Waals surface area (Å²) in [6.07, 6.45) is 5.56. The minimum Gasteiger partial charge on any atom is -0.263 e. The molecular weight excluding hydrogens is 270 g/mol. The highest BCUT2D eigenvalue weighted by atomic mass is 35.5. The van der Waals surface area contributed by atoms with E-state index >= 15 is 0 Å². The molecule has 0 fully saturated rings. The molecule has 0 aliphatic carbocycles. The zero-order valence-corrected chi connectivity index (χ0v) is 11.9. The molecule has 0 bridgehead atoms. The quantitative estimate of drug-likeness (QED) is 0.673. The van der Waals surface area contributed by atoms with Crippen molar-refractivity contribution in [1.29, 1.82) is 0 Å². The Balaban J connectivity index is 2.20. The Hall–Kier alpha value is -2.00. The minimum absolute atomic E-state index is 0.478. The monoisotopic (exact) mass is 283 g/mol. The molecule has 1 aromatic carbocycles. The lowest BCUT2D eigenvalue weighted by Gasteiger charge is -2.07. The predicted molar refractivity (Wildman–Crippen MR) is 81.8 cm³/mol. The summed E-state index contributed by atoms with van der Waals surface area (Å²) in [5, 5.41) is 2.64. The highest BCUT2D eigenvalue weighted by Gasteiger charge is 2.09. The molecule has 0 aliphatic rings. The van der Waals surface area contributed by atoms with Crippen molar-refractivity contribution in [3.05, 3.63) is 53.6 Å². The van der Waals surface area contributed by atoms with Gasteiger partial charge in [0.25, 0.3) is 0 Å². The van der Waals surface area contributed by atoms with Crippen LogP contribution in [0.4, 0.5) is 0 Å². The zero-order chi connectivity index (χ0) is 13.9. The van der Waals surface area contributed by atoms with E-state index in [1.54, 1.807) is 6.20 Å². The summed E-state index contributed by atoms with van der Waals surface area (Å²) >= 11 is 6.12. The van der Waals surface area contributed by atoms with Crippen LogP contribution in [0.15, 0.2) is 42.7 Å². The molecule has 3 aromatic rings. The second-order valence-corrected chi connectivity index (χ2v) is 5.05. The maximum Gasteiger partial charge on any atom is 0.163 e. The molecule has 100 valence electrons. The summed E-state index contributed by atoms with van der Waals surface area (Å²) in [6, 6.07) is 9.91. The average molecular weight is 284 g/mol. The lowest BCUT2D eigenvalue weighted by Crippen LogP contribution is -1.97. The van der Waals surface area contributed by atoms with Gasteiger partial charge in [0.15, 0.2) is 5.82 Å². The molecule has 0 atom stereocenters. The molecule has 4 heteroatoms. The van der Waals surface area contributed by atoms with Crippen molar-refractivity contribution in [2.45, 2.75) is 19.8 Å². The van der Waals surface area contributed by atoms with Gasteiger partial charge in [0, 0.05) is 29.0 Å². The van der Waals surface area contributed by atoms with Crippen LogP contribution in [-0.4, -0.2) is 15.0 Å². The van der Waals surface area contributed by atoms with E-state index in [4.69, 9.17) is 11.6 Å². The van der Waals surface area contributed by atoms with Crippen molar-refractivity contribution in [3.8, 4) is 11.4 Å². The molecule has 20 heavy (non-hydrogen) atoms. The van der Waals surface area contributed by atoms with Crippen LogP contribution in [-0.2, 0) is 6.42 Å². The van der Waals surface area contributed by atoms with Gasteiger partial charge >= 0.3 is 0 Å². The van der Waals surface area contributed by atoms with Crippen LogP contribution in [0.3, 0.4) is 0 Å². The lowest BCUT2D eigenvalue weighted by atomic mass is 10.1. The number of halogens is 1. The van der Waals surface area contributed by atoms with Crippen LogP contribution >= 0.6 is 11.6 Å². The third kappa shape index (κ3) is 2.49. The molecule has 0 aliphatic heterocycles. The maximum absolute atomic E-state index is 6.12. The van der Waals surface area contributed by atoms with Gasteiger partial charge in [-0.2, -0.15) is 0 Å². The fourth-order valence-corrected chi connectivity index (χ4v) is 2.47. The number of aryl methyl sites for hydroxylation is 1. The second kappa shape index (κ2) is 5.55. The van der Waals surface area contributed by atoms with Crippen LogP contribution < -0.4 is 0 Å². The summed E-state index contributed by atoms with van der Waals surface area (Å²) in [7, 11) is 0. The topological polar surface area (TPSA) is 38.7 Å².